The minimum atomic E-state index is -0.322. The Morgan fingerprint density at radius 2 is 1.83 bits per heavy atom. The van der Waals surface area contributed by atoms with Crippen LogP contribution in [-0.2, 0) is 6.54 Å². The van der Waals surface area contributed by atoms with E-state index < -0.39 is 0 Å². The van der Waals surface area contributed by atoms with Crippen LogP contribution in [0.15, 0.2) is 30.3 Å². The molecule has 0 aliphatic carbocycles. The number of benzene rings is 2. The largest absolute Gasteiger partial charge is 0.508 e. The summed E-state index contributed by atoms with van der Waals surface area (Å²) in [6.07, 6.45) is 0. The van der Waals surface area contributed by atoms with Crippen LogP contribution in [0.25, 0.3) is 0 Å². The van der Waals surface area contributed by atoms with Crippen molar-refractivity contribution < 1.29 is 14.6 Å². The summed E-state index contributed by atoms with van der Waals surface area (Å²) in [7, 11) is 0. The van der Waals surface area contributed by atoms with Crippen LogP contribution >= 0.6 is 35.6 Å². The van der Waals surface area contributed by atoms with Crippen molar-refractivity contribution in [1.29, 1.82) is 0 Å². The van der Waals surface area contributed by atoms with E-state index in [1.54, 1.807) is 6.07 Å². The van der Waals surface area contributed by atoms with Gasteiger partial charge in [-0.25, -0.2) is 0 Å². The van der Waals surface area contributed by atoms with Crippen molar-refractivity contribution in [3.8, 4) is 11.5 Å². The summed E-state index contributed by atoms with van der Waals surface area (Å²) in [6.45, 7) is 0.748. The second-order valence-corrected chi connectivity index (χ2v) is 5.51. The first-order valence-corrected chi connectivity index (χ1v) is 7.62. The molecule has 0 spiro atoms. The monoisotopic (exact) mass is 390 g/mol. The van der Waals surface area contributed by atoms with Crippen LogP contribution in [0.5, 0.6) is 11.5 Å². The third kappa shape index (κ3) is 4.32. The lowest BCUT2D eigenvalue weighted by molar-refractivity contribution is 0.103. The topological polar surface area (TPSA) is 98.6 Å². The van der Waals surface area contributed by atoms with Crippen molar-refractivity contribution in [2.24, 2.45) is 11.5 Å². The second kappa shape index (κ2) is 9.11. The maximum Gasteiger partial charge on any atom is 0.194 e. The summed E-state index contributed by atoms with van der Waals surface area (Å²) in [4.78, 5) is 12.6. The van der Waals surface area contributed by atoms with E-state index >= 15 is 0 Å². The number of ketones is 1. The van der Waals surface area contributed by atoms with Crippen LogP contribution in [0.3, 0.4) is 0 Å². The normalized spacial score (nSPS) is 10.2. The number of carbonyl (C=O) groups is 1. The van der Waals surface area contributed by atoms with Gasteiger partial charge in [0.2, 0.25) is 0 Å². The fraction of sp³-hybridized carbons (Fsp3) is 0.188. The van der Waals surface area contributed by atoms with E-state index in [4.69, 9.17) is 39.4 Å². The maximum atomic E-state index is 12.6. The third-order valence-electron chi connectivity index (χ3n) is 3.23. The van der Waals surface area contributed by atoms with E-state index in [9.17, 15) is 9.90 Å². The van der Waals surface area contributed by atoms with Gasteiger partial charge in [0.05, 0.1) is 5.02 Å². The van der Waals surface area contributed by atoms with E-state index in [0.717, 1.165) is 0 Å². The smallest absolute Gasteiger partial charge is 0.194 e. The molecule has 0 unspecified atom stereocenters. The van der Waals surface area contributed by atoms with Gasteiger partial charge >= 0.3 is 0 Å². The van der Waals surface area contributed by atoms with Gasteiger partial charge in [0.15, 0.2) is 5.78 Å². The average Bonchev–Trinajstić information content (AvgIpc) is 2.56. The lowest BCUT2D eigenvalue weighted by atomic mass is 10.0. The number of phenols is 1. The highest BCUT2D eigenvalue weighted by Crippen LogP contribution is 2.36. The number of phenolic OH excluding ortho intramolecular Hbond substituents is 1. The molecule has 0 saturated carbocycles. The van der Waals surface area contributed by atoms with Gasteiger partial charge in [-0.1, -0.05) is 23.2 Å². The molecule has 0 atom stereocenters. The van der Waals surface area contributed by atoms with E-state index in [0.29, 0.717) is 30.0 Å². The number of hydrogen-bond donors (Lipinski definition) is 3. The molecule has 0 radical (unpaired) electrons. The van der Waals surface area contributed by atoms with Crippen LogP contribution in [0.4, 0.5) is 0 Å². The molecule has 24 heavy (non-hydrogen) atoms. The number of carbonyl (C=O) groups excluding carboxylic acids is 1. The standard InChI is InChI=1S/C16H16Cl2N2O3.ClH/c17-14-11(2-4-13(15(14)18)23-6-5-19)16(22)9-1-3-12(21)10(7-9)8-20;/h1-4,7,21H,5-6,8,19-20H2;1H. The third-order valence-corrected chi connectivity index (χ3v) is 4.09. The van der Waals surface area contributed by atoms with Crippen molar-refractivity contribution in [3.63, 3.8) is 0 Å². The minimum absolute atomic E-state index is 0. The first-order chi connectivity index (χ1) is 11.0. The van der Waals surface area contributed by atoms with Gasteiger partial charge in [0.1, 0.15) is 23.1 Å². The first kappa shape index (κ1) is 20.5. The Bertz CT molecular complexity index is 739. The van der Waals surface area contributed by atoms with Crippen LogP contribution in [0, 0.1) is 0 Å². The van der Waals surface area contributed by atoms with Crippen molar-refractivity contribution in [3.05, 3.63) is 57.1 Å². The van der Waals surface area contributed by atoms with Crippen LogP contribution in [0.2, 0.25) is 10.0 Å². The Balaban J connectivity index is 0.00000288. The van der Waals surface area contributed by atoms with E-state index in [1.165, 1.54) is 24.3 Å². The van der Waals surface area contributed by atoms with Crippen LogP contribution in [0.1, 0.15) is 21.5 Å². The average molecular weight is 392 g/mol. The SMILES string of the molecule is Cl.NCCOc1ccc(C(=O)c2ccc(O)c(CN)c2)c(Cl)c1Cl. The quantitative estimate of drug-likeness (QED) is 0.657. The molecule has 130 valence electrons. The van der Waals surface area contributed by atoms with Gasteiger partial charge in [0, 0.05) is 29.8 Å². The molecule has 5 N–H and O–H groups in total. The highest BCUT2D eigenvalue weighted by atomic mass is 35.5. The van der Waals surface area contributed by atoms with E-state index in [1.807, 2.05) is 0 Å². The Morgan fingerprint density at radius 1 is 1.12 bits per heavy atom. The van der Waals surface area contributed by atoms with Gasteiger partial charge < -0.3 is 21.3 Å². The number of halogens is 3. The van der Waals surface area contributed by atoms with E-state index in [2.05, 4.69) is 0 Å². The highest BCUT2D eigenvalue weighted by molar-refractivity contribution is 6.45. The molecule has 0 amide bonds. The molecule has 0 bridgehead atoms. The first-order valence-electron chi connectivity index (χ1n) is 6.87. The Hall–Kier alpha value is -1.50. The van der Waals surface area contributed by atoms with Gasteiger partial charge in [-0.2, -0.15) is 0 Å². The summed E-state index contributed by atoms with van der Waals surface area (Å²) in [5.41, 5.74) is 12.0. The molecule has 0 aromatic heterocycles. The van der Waals surface area contributed by atoms with Crippen LogP contribution in [-0.4, -0.2) is 24.0 Å². The molecule has 2 rings (SSSR count). The number of nitrogens with two attached hydrogens (primary N) is 2. The van der Waals surface area contributed by atoms with Crippen molar-refractivity contribution in [1.82, 2.24) is 0 Å². The summed E-state index contributed by atoms with van der Waals surface area (Å²) in [6, 6.07) is 7.56. The van der Waals surface area contributed by atoms with Gasteiger partial charge in [-0.05, 0) is 30.3 Å². The van der Waals surface area contributed by atoms with E-state index in [-0.39, 0.29) is 46.1 Å². The zero-order valence-electron chi connectivity index (χ0n) is 12.6. The fourth-order valence-corrected chi connectivity index (χ4v) is 2.49. The molecular formula is C16H17Cl3N2O3. The molecule has 2 aromatic carbocycles. The maximum absolute atomic E-state index is 12.6. The predicted octanol–water partition coefficient (Wildman–Crippen LogP) is 3.15. The van der Waals surface area contributed by atoms with Gasteiger partial charge in [-0.3, -0.25) is 4.79 Å². The van der Waals surface area contributed by atoms with Crippen LogP contribution < -0.4 is 16.2 Å². The molecule has 0 heterocycles. The Morgan fingerprint density at radius 3 is 2.46 bits per heavy atom. The zero-order chi connectivity index (χ0) is 17.0. The van der Waals surface area contributed by atoms with Crippen molar-refractivity contribution in [2.45, 2.75) is 6.54 Å². The molecule has 0 saturated heterocycles. The van der Waals surface area contributed by atoms with Crippen molar-refractivity contribution in [2.75, 3.05) is 13.2 Å². The Labute approximate surface area is 155 Å². The number of aromatic hydroxyl groups is 1. The molecule has 0 fully saturated rings. The number of ether oxygens (including phenoxy) is 1. The Kier molecular flexibility index (Phi) is 7.79. The lowest BCUT2D eigenvalue weighted by Crippen LogP contribution is -2.11. The summed E-state index contributed by atoms with van der Waals surface area (Å²) < 4.78 is 5.36. The summed E-state index contributed by atoms with van der Waals surface area (Å²) >= 11 is 12.3. The number of hydrogen-bond acceptors (Lipinski definition) is 5. The predicted molar refractivity (Wildman–Crippen MR) is 97.7 cm³/mol. The fourth-order valence-electron chi connectivity index (χ4n) is 2.03. The molecule has 2 aromatic rings. The molecule has 0 aliphatic rings. The molecule has 0 aliphatic heterocycles. The summed E-state index contributed by atoms with van der Waals surface area (Å²) in [5.74, 6) is 0.0858. The molecule has 5 nitrogen and oxygen atoms in total. The van der Waals surface area contributed by atoms with Crippen molar-refractivity contribution >= 4 is 41.4 Å². The number of rotatable bonds is 6. The lowest BCUT2D eigenvalue weighted by Gasteiger charge is -2.11. The molecular weight excluding hydrogens is 375 g/mol. The van der Waals surface area contributed by atoms with Gasteiger partial charge in [0.25, 0.3) is 0 Å². The molecule has 8 heteroatoms. The minimum Gasteiger partial charge on any atom is -0.508 e. The van der Waals surface area contributed by atoms with Gasteiger partial charge in [-0.15, -0.1) is 12.4 Å². The highest BCUT2D eigenvalue weighted by Gasteiger charge is 2.18. The second-order valence-electron chi connectivity index (χ2n) is 4.75. The summed E-state index contributed by atoms with van der Waals surface area (Å²) in [5, 5.41) is 9.90. The zero-order valence-corrected chi connectivity index (χ0v) is 14.9.